The maximum atomic E-state index is 13.1. The predicted octanol–water partition coefficient (Wildman–Crippen LogP) is 2.98. The van der Waals surface area contributed by atoms with Gasteiger partial charge >= 0.3 is 12.1 Å². The maximum Gasteiger partial charge on any atom is 0.408 e. The van der Waals surface area contributed by atoms with E-state index in [0.717, 1.165) is 5.56 Å². The number of amides is 3. The van der Waals surface area contributed by atoms with Gasteiger partial charge < -0.3 is 25.8 Å². The summed E-state index contributed by atoms with van der Waals surface area (Å²) >= 11 is 1.52. The van der Waals surface area contributed by atoms with Gasteiger partial charge in [0.15, 0.2) is 0 Å². The summed E-state index contributed by atoms with van der Waals surface area (Å²) in [6.07, 6.45) is 1.92. The molecule has 4 N–H and O–H groups in total. The van der Waals surface area contributed by atoms with Crippen LogP contribution in [0.15, 0.2) is 30.3 Å². The molecule has 0 radical (unpaired) electrons. The Balaban J connectivity index is 2.96. The molecule has 0 aliphatic heterocycles. The largest absolute Gasteiger partial charge is 0.480 e. The molecule has 3 amide bonds. The second-order valence-electron chi connectivity index (χ2n) is 9.76. The molecule has 0 heterocycles. The number of nitrogens with one attached hydrogen (secondary N) is 3. The maximum absolute atomic E-state index is 13.1. The lowest BCUT2D eigenvalue weighted by Crippen LogP contribution is -2.56. The fourth-order valence-corrected chi connectivity index (χ4v) is 3.72. The zero-order valence-corrected chi connectivity index (χ0v) is 22.2. The van der Waals surface area contributed by atoms with E-state index in [2.05, 4.69) is 16.0 Å². The topological polar surface area (TPSA) is 134 Å². The van der Waals surface area contributed by atoms with Crippen LogP contribution in [-0.4, -0.2) is 64.7 Å². The van der Waals surface area contributed by atoms with Crippen molar-refractivity contribution in [2.75, 3.05) is 12.0 Å². The smallest absolute Gasteiger partial charge is 0.408 e. The van der Waals surface area contributed by atoms with Crippen molar-refractivity contribution in [1.29, 1.82) is 0 Å². The molecule has 0 aliphatic carbocycles. The van der Waals surface area contributed by atoms with Crippen molar-refractivity contribution in [2.24, 2.45) is 5.92 Å². The number of carbonyl (C=O) groups excluding carboxylic acids is 3. The summed E-state index contributed by atoms with van der Waals surface area (Å²) in [4.78, 5) is 50.2. The van der Waals surface area contributed by atoms with Crippen molar-refractivity contribution in [1.82, 2.24) is 16.0 Å². The van der Waals surface area contributed by atoms with Crippen LogP contribution >= 0.6 is 11.8 Å². The van der Waals surface area contributed by atoms with E-state index >= 15 is 0 Å². The first-order valence-electron chi connectivity index (χ1n) is 11.7. The van der Waals surface area contributed by atoms with Gasteiger partial charge in [-0.2, -0.15) is 11.8 Å². The van der Waals surface area contributed by atoms with Gasteiger partial charge in [-0.1, -0.05) is 44.2 Å². The Morgan fingerprint density at radius 1 is 0.943 bits per heavy atom. The van der Waals surface area contributed by atoms with Gasteiger partial charge in [0.25, 0.3) is 0 Å². The highest BCUT2D eigenvalue weighted by molar-refractivity contribution is 7.98. The first-order valence-corrected chi connectivity index (χ1v) is 13.1. The lowest BCUT2D eigenvalue weighted by molar-refractivity contribution is -0.142. The monoisotopic (exact) mass is 509 g/mol. The van der Waals surface area contributed by atoms with E-state index in [9.17, 15) is 24.3 Å². The molecule has 3 atom stereocenters. The fraction of sp³-hybridized carbons (Fsp3) is 0.600. The third kappa shape index (κ3) is 12.5. The standard InChI is InChI=1S/C25H39N3O6S/c1-16(2)14-19(22(30)27-20(23(31)32)15-17-10-8-7-9-11-17)26-21(29)18(12-13-35-6)28-24(33)34-25(3,4)5/h7-11,16,18-20H,12-15H2,1-6H3,(H,26,29)(H,27,30)(H,28,33)(H,31,32)/t18-,19-,20-/m0/s1. The lowest BCUT2D eigenvalue weighted by Gasteiger charge is -2.26. The molecular weight excluding hydrogens is 470 g/mol. The summed E-state index contributed by atoms with van der Waals surface area (Å²) < 4.78 is 5.27. The van der Waals surface area contributed by atoms with Gasteiger partial charge in [0, 0.05) is 6.42 Å². The second kappa shape index (κ2) is 14.6. The molecule has 0 fully saturated rings. The fourth-order valence-electron chi connectivity index (χ4n) is 3.25. The van der Waals surface area contributed by atoms with Crippen LogP contribution in [0.2, 0.25) is 0 Å². The first-order chi connectivity index (χ1) is 16.3. The van der Waals surface area contributed by atoms with Crippen LogP contribution < -0.4 is 16.0 Å². The average molecular weight is 510 g/mol. The van der Waals surface area contributed by atoms with Gasteiger partial charge in [-0.3, -0.25) is 9.59 Å². The number of aliphatic carboxylic acids is 1. The van der Waals surface area contributed by atoms with Crippen molar-refractivity contribution in [3.63, 3.8) is 0 Å². The Labute approximate surface area is 212 Å². The highest BCUT2D eigenvalue weighted by Crippen LogP contribution is 2.11. The Morgan fingerprint density at radius 3 is 2.03 bits per heavy atom. The predicted molar refractivity (Wildman–Crippen MR) is 137 cm³/mol. The van der Waals surface area contributed by atoms with Crippen LogP contribution in [0.4, 0.5) is 4.79 Å². The number of carbonyl (C=O) groups is 4. The van der Waals surface area contributed by atoms with Gasteiger partial charge in [-0.25, -0.2) is 9.59 Å². The summed E-state index contributed by atoms with van der Waals surface area (Å²) in [5, 5.41) is 17.5. The van der Waals surface area contributed by atoms with Crippen LogP contribution in [-0.2, 0) is 25.5 Å². The molecule has 1 rings (SSSR count). The van der Waals surface area contributed by atoms with Gasteiger partial charge in [0.2, 0.25) is 11.8 Å². The molecule has 0 unspecified atom stereocenters. The third-order valence-corrected chi connectivity index (χ3v) is 5.50. The number of thioether (sulfide) groups is 1. The first kappa shape index (κ1) is 30.3. The molecule has 10 heteroatoms. The third-order valence-electron chi connectivity index (χ3n) is 4.86. The summed E-state index contributed by atoms with van der Waals surface area (Å²) in [5.74, 6) is -1.63. The van der Waals surface area contributed by atoms with E-state index in [1.54, 1.807) is 45.0 Å². The molecule has 1 aromatic carbocycles. The summed E-state index contributed by atoms with van der Waals surface area (Å²) in [7, 11) is 0. The minimum absolute atomic E-state index is 0.0481. The van der Waals surface area contributed by atoms with E-state index < -0.39 is 47.6 Å². The van der Waals surface area contributed by atoms with Gasteiger partial charge in [0.05, 0.1) is 0 Å². The number of hydrogen-bond donors (Lipinski definition) is 4. The van der Waals surface area contributed by atoms with Gasteiger partial charge in [-0.05, 0) is 57.1 Å². The van der Waals surface area contributed by atoms with E-state index in [-0.39, 0.29) is 12.3 Å². The second-order valence-corrected chi connectivity index (χ2v) is 10.7. The van der Waals surface area contributed by atoms with Crippen molar-refractivity contribution in [2.45, 2.75) is 77.6 Å². The zero-order chi connectivity index (χ0) is 26.6. The molecule has 0 saturated heterocycles. The average Bonchev–Trinajstić information content (AvgIpc) is 2.74. The Kier molecular flexibility index (Phi) is 12.6. The van der Waals surface area contributed by atoms with E-state index in [1.165, 1.54) is 11.8 Å². The molecule has 35 heavy (non-hydrogen) atoms. The van der Waals surface area contributed by atoms with E-state index in [1.807, 2.05) is 26.2 Å². The van der Waals surface area contributed by atoms with Crippen molar-refractivity contribution < 1.29 is 29.0 Å². The Bertz CT molecular complexity index is 841. The van der Waals surface area contributed by atoms with Gasteiger partial charge in [0.1, 0.15) is 23.7 Å². The number of rotatable bonds is 13. The van der Waals surface area contributed by atoms with Crippen LogP contribution in [0.5, 0.6) is 0 Å². The van der Waals surface area contributed by atoms with Gasteiger partial charge in [-0.15, -0.1) is 0 Å². The highest BCUT2D eigenvalue weighted by atomic mass is 32.2. The minimum Gasteiger partial charge on any atom is -0.480 e. The minimum atomic E-state index is -1.17. The normalized spacial score (nSPS) is 13.9. The van der Waals surface area contributed by atoms with E-state index in [0.29, 0.717) is 18.6 Å². The lowest BCUT2D eigenvalue weighted by atomic mass is 10.0. The number of benzene rings is 1. The van der Waals surface area contributed by atoms with Crippen LogP contribution in [0.3, 0.4) is 0 Å². The van der Waals surface area contributed by atoms with Crippen LogP contribution in [0.1, 0.15) is 53.0 Å². The molecule has 0 bridgehead atoms. The SMILES string of the molecule is CSCC[C@H](NC(=O)OC(C)(C)C)C(=O)N[C@@H](CC(C)C)C(=O)N[C@@H](Cc1ccccc1)C(=O)O. The Hall–Kier alpha value is -2.75. The quantitative estimate of drug-likeness (QED) is 0.321. The number of alkyl carbamates (subject to hydrolysis) is 1. The molecule has 1 aromatic rings. The molecular formula is C25H39N3O6S. The van der Waals surface area contributed by atoms with Crippen molar-refractivity contribution in [3.8, 4) is 0 Å². The number of carboxylic acids is 1. The molecule has 196 valence electrons. The zero-order valence-electron chi connectivity index (χ0n) is 21.4. The molecule has 0 saturated carbocycles. The molecule has 0 spiro atoms. The molecule has 0 aliphatic rings. The number of carboxylic acid groups (broad SMARTS) is 1. The number of hydrogen-bond acceptors (Lipinski definition) is 6. The summed E-state index contributed by atoms with van der Waals surface area (Å²) in [6, 6.07) is 5.97. The molecule has 9 nitrogen and oxygen atoms in total. The Morgan fingerprint density at radius 2 is 1.51 bits per heavy atom. The molecule has 0 aromatic heterocycles. The van der Waals surface area contributed by atoms with Crippen LogP contribution in [0.25, 0.3) is 0 Å². The highest BCUT2D eigenvalue weighted by Gasteiger charge is 2.30. The van der Waals surface area contributed by atoms with Crippen molar-refractivity contribution in [3.05, 3.63) is 35.9 Å². The van der Waals surface area contributed by atoms with Crippen LogP contribution in [0, 0.1) is 5.92 Å². The number of ether oxygens (including phenoxy) is 1. The summed E-state index contributed by atoms with van der Waals surface area (Å²) in [5.41, 5.74) is 0.0401. The van der Waals surface area contributed by atoms with E-state index in [4.69, 9.17) is 4.74 Å². The van der Waals surface area contributed by atoms with Crippen molar-refractivity contribution >= 4 is 35.6 Å². The summed E-state index contributed by atoms with van der Waals surface area (Å²) in [6.45, 7) is 8.97.